The number of hydrogen-bond donors (Lipinski definition) is 1. The molecule has 7 nitrogen and oxygen atoms in total. The third-order valence-electron chi connectivity index (χ3n) is 5.05. The van der Waals surface area contributed by atoms with Crippen LogP contribution in [-0.4, -0.2) is 45.4 Å². The highest BCUT2D eigenvalue weighted by atomic mass is 32.2. The summed E-state index contributed by atoms with van der Waals surface area (Å²) in [7, 11) is -0.610. The Morgan fingerprint density at radius 1 is 1.10 bits per heavy atom. The van der Waals surface area contributed by atoms with Gasteiger partial charge in [0.1, 0.15) is 6.04 Å². The van der Waals surface area contributed by atoms with Gasteiger partial charge in [0.15, 0.2) is 11.5 Å². The largest absolute Gasteiger partial charge is 0.493 e. The molecule has 2 aromatic rings. The van der Waals surface area contributed by atoms with Gasteiger partial charge in [-0.1, -0.05) is 23.8 Å². The van der Waals surface area contributed by atoms with Gasteiger partial charge in [-0.25, -0.2) is 8.42 Å². The highest BCUT2D eigenvalue weighted by molar-refractivity contribution is 7.89. The number of carbonyl (C=O) groups is 1. The van der Waals surface area contributed by atoms with E-state index in [1.807, 2.05) is 13.0 Å². The van der Waals surface area contributed by atoms with Gasteiger partial charge in [-0.3, -0.25) is 4.79 Å². The van der Waals surface area contributed by atoms with Crippen LogP contribution >= 0.6 is 0 Å². The molecule has 2 aromatic carbocycles. The van der Waals surface area contributed by atoms with Crippen molar-refractivity contribution >= 4 is 15.9 Å². The average Bonchev–Trinajstić information content (AvgIpc) is 3.23. The maximum absolute atomic E-state index is 13.0. The van der Waals surface area contributed by atoms with Crippen LogP contribution in [0.4, 0.5) is 0 Å². The molecule has 8 heteroatoms. The minimum absolute atomic E-state index is 0.211. The van der Waals surface area contributed by atoms with E-state index in [1.54, 1.807) is 50.6 Å². The Labute approximate surface area is 171 Å². The van der Waals surface area contributed by atoms with Crippen molar-refractivity contribution in [3.8, 4) is 11.5 Å². The lowest BCUT2D eigenvalue weighted by Gasteiger charge is -2.23. The molecule has 0 bridgehead atoms. The second-order valence-electron chi connectivity index (χ2n) is 6.99. The van der Waals surface area contributed by atoms with Gasteiger partial charge in [-0.15, -0.1) is 0 Å². The molecule has 0 radical (unpaired) electrons. The third-order valence-corrected chi connectivity index (χ3v) is 6.97. The zero-order valence-corrected chi connectivity index (χ0v) is 17.7. The number of nitrogens with one attached hydrogen (secondary N) is 1. The van der Waals surface area contributed by atoms with E-state index in [4.69, 9.17) is 9.47 Å². The first-order chi connectivity index (χ1) is 13.9. The van der Waals surface area contributed by atoms with E-state index in [2.05, 4.69) is 5.32 Å². The molecule has 29 heavy (non-hydrogen) atoms. The van der Waals surface area contributed by atoms with Crippen molar-refractivity contribution in [3.05, 3.63) is 53.6 Å². The van der Waals surface area contributed by atoms with Gasteiger partial charge in [0.05, 0.1) is 19.1 Å². The van der Waals surface area contributed by atoms with Crippen LogP contribution in [0, 0.1) is 6.92 Å². The van der Waals surface area contributed by atoms with Crippen molar-refractivity contribution in [1.82, 2.24) is 9.62 Å². The van der Waals surface area contributed by atoms with Gasteiger partial charge in [-0.05, 0) is 49.6 Å². The molecule has 0 saturated carbocycles. The van der Waals surface area contributed by atoms with Gasteiger partial charge < -0.3 is 14.8 Å². The number of aryl methyl sites for hydroxylation is 1. The number of rotatable bonds is 7. The topological polar surface area (TPSA) is 84.9 Å². The Bertz CT molecular complexity index is 973. The summed E-state index contributed by atoms with van der Waals surface area (Å²) in [5, 5.41) is 2.85. The van der Waals surface area contributed by atoms with Gasteiger partial charge in [0.25, 0.3) is 0 Å². The quantitative estimate of drug-likeness (QED) is 0.747. The predicted molar refractivity (Wildman–Crippen MR) is 109 cm³/mol. The molecule has 1 atom stereocenters. The number of amides is 1. The second-order valence-corrected chi connectivity index (χ2v) is 8.88. The average molecular weight is 419 g/mol. The van der Waals surface area contributed by atoms with Gasteiger partial charge >= 0.3 is 0 Å². The SMILES string of the molecule is COc1ccc(CNC(=O)[C@@H]2CCCN2S(=O)(=O)c2ccc(C)cc2)cc1OC. The molecule has 1 N–H and O–H groups in total. The lowest BCUT2D eigenvalue weighted by molar-refractivity contribution is -0.124. The molecule has 0 spiro atoms. The Morgan fingerprint density at radius 2 is 1.79 bits per heavy atom. The summed E-state index contributed by atoms with van der Waals surface area (Å²) in [6.07, 6.45) is 1.16. The Morgan fingerprint density at radius 3 is 2.45 bits per heavy atom. The molecule has 1 heterocycles. The van der Waals surface area contributed by atoms with Crippen LogP contribution < -0.4 is 14.8 Å². The minimum atomic E-state index is -3.72. The molecular formula is C21H26N2O5S. The van der Waals surface area contributed by atoms with Crippen LogP contribution in [0.15, 0.2) is 47.4 Å². The normalized spacial score (nSPS) is 17.1. The van der Waals surface area contributed by atoms with E-state index >= 15 is 0 Å². The van der Waals surface area contributed by atoms with Crippen LogP contribution in [0.1, 0.15) is 24.0 Å². The van der Waals surface area contributed by atoms with Crippen LogP contribution in [0.2, 0.25) is 0 Å². The van der Waals surface area contributed by atoms with Crippen LogP contribution in [0.3, 0.4) is 0 Å². The first kappa shape index (κ1) is 21.1. The first-order valence-corrected chi connectivity index (χ1v) is 10.9. The van der Waals surface area contributed by atoms with E-state index in [0.717, 1.165) is 11.1 Å². The summed E-state index contributed by atoms with van der Waals surface area (Å²) in [5.41, 5.74) is 1.82. The van der Waals surface area contributed by atoms with Crippen molar-refractivity contribution in [1.29, 1.82) is 0 Å². The molecule has 156 valence electrons. The number of sulfonamides is 1. The molecule has 1 aliphatic heterocycles. The maximum Gasteiger partial charge on any atom is 0.243 e. The summed E-state index contributed by atoms with van der Waals surface area (Å²) >= 11 is 0. The van der Waals surface area contributed by atoms with Crippen LogP contribution in [0.5, 0.6) is 11.5 Å². The number of methoxy groups -OCH3 is 2. The van der Waals surface area contributed by atoms with Gasteiger partial charge in [0, 0.05) is 13.1 Å². The van der Waals surface area contributed by atoms with Crippen molar-refractivity contribution in [2.75, 3.05) is 20.8 Å². The Balaban J connectivity index is 1.71. The van der Waals surface area contributed by atoms with E-state index in [0.29, 0.717) is 30.9 Å². The lowest BCUT2D eigenvalue weighted by Crippen LogP contribution is -2.45. The second kappa shape index (κ2) is 8.84. The maximum atomic E-state index is 13.0. The highest BCUT2D eigenvalue weighted by Crippen LogP contribution is 2.28. The summed E-state index contributed by atoms with van der Waals surface area (Å²) < 4.78 is 37.8. The zero-order chi connectivity index (χ0) is 21.0. The minimum Gasteiger partial charge on any atom is -0.493 e. The summed E-state index contributed by atoms with van der Waals surface area (Å²) in [6, 6.07) is 11.4. The molecule has 3 rings (SSSR count). The monoisotopic (exact) mass is 418 g/mol. The number of carbonyl (C=O) groups excluding carboxylic acids is 1. The lowest BCUT2D eigenvalue weighted by atomic mass is 10.1. The standard InChI is InChI=1S/C21H26N2O5S/c1-15-6-9-17(10-7-15)29(25,26)23-12-4-5-18(23)21(24)22-14-16-8-11-19(27-2)20(13-16)28-3/h6-11,13,18H,4-5,12,14H2,1-3H3,(H,22,24)/t18-/m0/s1. The molecule has 1 aliphatic rings. The smallest absolute Gasteiger partial charge is 0.243 e. The van der Waals surface area contributed by atoms with E-state index < -0.39 is 16.1 Å². The summed E-state index contributed by atoms with van der Waals surface area (Å²) in [4.78, 5) is 13.0. The van der Waals surface area contributed by atoms with Crippen molar-refractivity contribution in [2.45, 2.75) is 37.2 Å². The van der Waals surface area contributed by atoms with Gasteiger partial charge in [0.2, 0.25) is 15.9 Å². The summed E-state index contributed by atoms with van der Waals surface area (Å²) in [5.74, 6) is 0.880. The number of hydrogen-bond acceptors (Lipinski definition) is 5. The Hall–Kier alpha value is -2.58. The number of nitrogens with zero attached hydrogens (tertiary/aromatic N) is 1. The summed E-state index contributed by atoms with van der Waals surface area (Å²) in [6.45, 7) is 2.51. The van der Waals surface area contributed by atoms with Crippen molar-refractivity contribution < 1.29 is 22.7 Å². The zero-order valence-electron chi connectivity index (χ0n) is 16.8. The van der Waals surface area contributed by atoms with Crippen LogP contribution in [0.25, 0.3) is 0 Å². The van der Waals surface area contributed by atoms with Crippen molar-refractivity contribution in [2.24, 2.45) is 0 Å². The highest BCUT2D eigenvalue weighted by Gasteiger charge is 2.39. The Kier molecular flexibility index (Phi) is 6.44. The predicted octanol–water partition coefficient (Wildman–Crippen LogP) is 2.48. The fraction of sp³-hybridized carbons (Fsp3) is 0.381. The molecule has 0 unspecified atom stereocenters. The number of benzene rings is 2. The molecule has 1 saturated heterocycles. The molecule has 1 fully saturated rings. The fourth-order valence-electron chi connectivity index (χ4n) is 3.43. The van der Waals surface area contributed by atoms with Crippen LogP contribution in [-0.2, 0) is 21.4 Å². The molecule has 0 aliphatic carbocycles. The van der Waals surface area contributed by atoms with Gasteiger partial charge in [-0.2, -0.15) is 4.31 Å². The number of ether oxygens (including phenoxy) is 2. The fourth-order valence-corrected chi connectivity index (χ4v) is 5.09. The molecule has 0 aromatic heterocycles. The van der Waals surface area contributed by atoms with E-state index in [1.165, 1.54) is 4.31 Å². The first-order valence-electron chi connectivity index (χ1n) is 9.44. The third kappa shape index (κ3) is 4.54. The molecule has 1 amide bonds. The van der Waals surface area contributed by atoms with E-state index in [-0.39, 0.29) is 17.3 Å². The molecular weight excluding hydrogens is 392 g/mol. The van der Waals surface area contributed by atoms with Crippen molar-refractivity contribution in [3.63, 3.8) is 0 Å². The van der Waals surface area contributed by atoms with E-state index in [9.17, 15) is 13.2 Å².